The van der Waals surface area contributed by atoms with Crippen molar-refractivity contribution in [2.45, 2.75) is 13.1 Å². The number of aryl methyl sites for hydroxylation is 1. The molecule has 0 bridgehead atoms. The van der Waals surface area contributed by atoms with E-state index in [4.69, 9.17) is 5.73 Å². The Morgan fingerprint density at radius 3 is 2.48 bits per heavy atom. The highest BCUT2D eigenvalue weighted by atomic mass is 19.4. The molecule has 118 valence electrons. The molecule has 0 atom stereocenters. The fourth-order valence-corrected chi connectivity index (χ4v) is 2.13. The van der Waals surface area contributed by atoms with Crippen molar-refractivity contribution in [1.82, 2.24) is 14.8 Å². The van der Waals surface area contributed by atoms with E-state index in [0.717, 1.165) is 23.4 Å². The van der Waals surface area contributed by atoms with Crippen LogP contribution in [0.4, 0.5) is 18.9 Å². The Labute approximate surface area is 130 Å². The minimum Gasteiger partial charge on any atom is -0.399 e. The number of hydrogen-bond donors (Lipinski definition) is 1. The van der Waals surface area contributed by atoms with E-state index in [1.165, 1.54) is 10.7 Å². The topological polar surface area (TPSA) is 56.7 Å². The number of nitrogen functional groups attached to an aromatic ring is 1. The van der Waals surface area contributed by atoms with Gasteiger partial charge in [-0.25, -0.2) is 9.67 Å². The highest BCUT2D eigenvalue weighted by Gasteiger charge is 2.30. The summed E-state index contributed by atoms with van der Waals surface area (Å²) in [5.41, 5.74) is 8.19. The summed E-state index contributed by atoms with van der Waals surface area (Å²) in [6.07, 6.45) is -1.96. The van der Waals surface area contributed by atoms with Crippen molar-refractivity contribution in [2.24, 2.45) is 0 Å². The monoisotopic (exact) mass is 318 g/mol. The Balaban J connectivity index is 1.91. The van der Waals surface area contributed by atoms with Crippen LogP contribution in [-0.4, -0.2) is 14.8 Å². The molecule has 4 nitrogen and oxygen atoms in total. The summed E-state index contributed by atoms with van der Waals surface area (Å²) in [5, 5.41) is 4.35. The zero-order chi connectivity index (χ0) is 16.6. The third kappa shape index (κ3) is 3.03. The minimum absolute atomic E-state index is 0.316. The molecular weight excluding hydrogens is 305 g/mol. The van der Waals surface area contributed by atoms with Crippen LogP contribution in [0.15, 0.2) is 48.8 Å². The number of aromatic nitrogens is 3. The first kappa shape index (κ1) is 15.1. The van der Waals surface area contributed by atoms with Gasteiger partial charge in [-0.2, -0.15) is 18.3 Å². The quantitative estimate of drug-likeness (QED) is 0.730. The smallest absolute Gasteiger partial charge is 0.399 e. The van der Waals surface area contributed by atoms with Gasteiger partial charge in [0.2, 0.25) is 0 Å². The molecule has 3 rings (SSSR count). The van der Waals surface area contributed by atoms with E-state index in [0.29, 0.717) is 17.2 Å². The van der Waals surface area contributed by atoms with Gasteiger partial charge in [-0.3, -0.25) is 0 Å². The summed E-state index contributed by atoms with van der Waals surface area (Å²) < 4.78 is 39.1. The highest BCUT2D eigenvalue weighted by molar-refractivity contribution is 5.64. The van der Waals surface area contributed by atoms with Crippen molar-refractivity contribution in [3.8, 4) is 17.1 Å². The Hall–Kier alpha value is -2.83. The predicted molar refractivity (Wildman–Crippen MR) is 80.9 cm³/mol. The van der Waals surface area contributed by atoms with Gasteiger partial charge < -0.3 is 5.73 Å². The van der Waals surface area contributed by atoms with Crippen LogP contribution in [0, 0.1) is 6.92 Å². The molecule has 2 heterocycles. The maximum Gasteiger partial charge on any atom is 0.417 e. The van der Waals surface area contributed by atoms with Crippen LogP contribution in [0.5, 0.6) is 0 Å². The van der Waals surface area contributed by atoms with Crippen LogP contribution in [0.3, 0.4) is 0 Å². The normalized spacial score (nSPS) is 11.7. The number of anilines is 1. The first-order valence-corrected chi connectivity index (χ1v) is 6.80. The maximum atomic E-state index is 12.5. The number of hydrogen-bond acceptors (Lipinski definition) is 3. The molecule has 23 heavy (non-hydrogen) atoms. The van der Waals surface area contributed by atoms with E-state index in [2.05, 4.69) is 10.1 Å². The van der Waals surface area contributed by atoms with Crippen LogP contribution >= 0.6 is 0 Å². The number of pyridine rings is 1. The van der Waals surface area contributed by atoms with Crippen molar-refractivity contribution < 1.29 is 13.2 Å². The first-order chi connectivity index (χ1) is 10.8. The van der Waals surface area contributed by atoms with Crippen LogP contribution in [-0.2, 0) is 6.18 Å². The second-order valence-electron chi connectivity index (χ2n) is 5.12. The Morgan fingerprint density at radius 2 is 1.87 bits per heavy atom. The molecule has 0 amide bonds. The minimum atomic E-state index is -4.40. The average Bonchev–Trinajstić information content (AvgIpc) is 2.99. The zero-order valence-electron chi connectivity index (χ0n) is 12.2. The lowest BCUT2D eigenvalue weighted by Crippen LogP contribution is -2.07. The van der Waals surface area contributed by atoms with Crippen molar-refractivity contribution in [1.29, 1.82) is 0 Å². The fraction of sp³-hybridized carbons (Fsp3) is 0.125. The molecule has 3 aromatic rings. The molecule has 0 unspecified atom stereocenters. The zero-order valence-corrected chi connectivity index (χ0v) is 12.2. The van der Waals surface area contributed by atoms with Crippen LogP contribution in [0.25, 0.3) is 17.1 Å². The van der Waals surface area contributed by atoms with E-state index in [1.807, 2.05) is 19.1 Å². The lowest BCUT2D eigenvalue weighted by Gasteiger charge is -2.06. The maximum absolute atomic E-state index is 12.5. The Morgan fingerprint density at radius 1 is 1.09 bits per heavy atom. The number of alkyl halides is 3. The van der Waals surface area contributed by atoms with Crippen molar-refractivity contribution in [3.05, 3.63) is 59.9 Å². The summed E-state index contributed by atoms with van der Waals surface area (Å²) >= 11 is 0. The number of nitrogens with zero attached hydrogens (tertiary/aromatic N) is 3. The molecule has 0 radical (unpaired) electrons. The highest BCUT2D eigenvalue weighted by Crippen LogP contribution is 2.29. The van der Waals surface area contributed by atoms with E-state index >= 15 is 0 Å². The van der Waals surface area contributed by atoms with Gasteiger partial charge in [0.05, 0.1) is 11.3 Å². The molecule has 0 aliphatic heterocycles. The molecular formula is C16H13F3N4. The lowest BCUT2D eigenvalue weighted by atomic mass is 10.1. The van der Waals surface area contributed by atoms with E-state index < -0.39 is 11.7 Å². The van der Waals surface area contributed by atoms with E-state index in [9.17, 15) is 13.2 Å². The largest absolute Gasteiger partial charge is 0.417 e. The standard InChI is InChI=1S/C16H13F3N4/c1-10-8-11(2-4-13(10)20)14-6-7-23(22-14)15-5-3-12(9-21-15)16(17,18)19/h2-9H,20H2,1H3. The van der Waals surface area contributed by atoms with E-state index in [-0.39, 0.29) is 0 Å². The summed E-state index contributed by atoms with van der Waals surface area (Å²) in [6, 6.07) is 9.58. The predicted octanol–water partition coefficient (Wildman–Crippen LogP) is 3.84. The van der Waals surface area contributed by atoms with Gasteiger partial charge in [0.15, 0.2) is 5.82 Å². The molecule has 2 N–H and O–H groups in total. The van der Waals surface area contributed by atoms with Crippen LogP contribution < -0.4 is 5.73 Å². The second-order valence-corrected chi connectivity index (χ2v) is 5.12. The SMILES string of the molecule is Cc1cc(-c2ccn(-c3ccc(C(F)(F)F)cn3)n2)ccc1N. The van der Waals surface area contributed by atoms with Gasteiger partial charge in [0.25, 0.3) is 0 Å². The second kappa shape index (κ2) is 5.42. The van der Waals surface area contributed by atoms with Gasteiger partial charge >= 0.3 is 6.18 Å². The summed E-state index contributed by atoms with van der Waals surface area (Å²) in [7, 11) is 0. The van der Waals surface area contributed by atoms with Crippen molar-refractivity contribution >= 4 is 5.69 Å². The number of benzene rings is 1. The van der Waals surface area contributed by atoms with Gasteiger partial charge in [-0.05, 0) is 42.8 Å². The molecule has 0 spiro atoms. The molecule has 7 heteroatoms. The number of rotatable bonds is 2. The third-order valence-corrected chi connectivity index (χ3v) is 3.46. The first-order valence-electron chi connectivity index (χ1n) is 6.80. The summed E-state index contributed by atoms with van der Waals surface area (Å²) in [5.74, 6) is 0.316. The summed E-state index contributed by atoms with van der Waals surface area (Å²) in [4.78, 5) is 3.81. The third-order valence-electron chi connectivity index (χ3n) is 3.46. The fourth-order valence-electron chi connectivity index (χ4n) is 2.13. The van der Waals surface area contributed by atoms with Crippen LogP contribution in [0.1, 0.15) is 11.1 Å². The van der Waals surface area contributed by atoms with Crippen LogP contribution in [0.2, 0.25) is 0 Å². The molecule has 0 aliphatic carbocycles. The summed E-state index contributed by atoms with van der Waals surface area (Å²) in [6.45, 7) is 1.90. The molecule has 0 saturated heterocycles. The molecule has 1 aromatic carbocycles. The molecule has 0 fully saturated rings. The van der Waals surface area contributed by atoms with Gasteiger partial charge in [0, 0.05) is 23.6 Å². The molecule has 0 aliphatic rings. The van der Waals surface area contributed by atoms with Gasteiger partial charge in [-0.1, -0.05) is 6.07 Å². The van der Waals surface area contributed by atoms with Crippen molar-refractivity contribution in [2.75, 3.05) is 5.73 Å². The Kier molecular flexibility index (Phi) is 3.55. The lowest BCUT2D eigenvalue weighted by molar-refractivity contribution is -0.137. The van der Waals surface area contributed by atoms with Crippen molar-refractivity contribution in [3.63, 3.8) is 0 Å². The Bertz CT molecular complexity index is 835. The van der Waals surface area contributed by atoms with Gasteiger partial charge in [-0.15, -0.1) is 0 Å². The molecule has 2 aromatic heterocycles. The molecule has 0 saturated carbocycles. The number of halogens is 3. The van der Waals surface area contributed by atoms with E-state index in [1.54, 1.807) is 18.3 Å². The van der Waals surface area contributed by atoms with Gasteiger partial charge in [0.1, 0.15) is 0 Å². The average molecular weight is 318 g/mol. The number of nitrogens with two attached hydrogens (primary N) is 1.